The van der Waals surface area contributed by atoms with E-state index in [-0.39, 0.29) is 6.10 Å². The molecule has 0 fully saturated rings. The molecule has 0 aliphatic carbocycles. The number of hydrogen-bond acceptors (Lipinski definition) is 5. The second-order valence-electron chi connectivity index (χ2n) is 7.27. The highest BCUT2D eigenvalue weighted by Gasteiger charge is 2.36. The lowest BCUT2D eigenvalue weighted by molar-refractivity contribution is -0.137. The maximum atomic E-state index is 11.4. The van der Waals surface area contributed by atoms with Crippen LogP contribution in [0, 0.1) is 0 Å². The molecule has 0 amide bonds. The molecule has 1 aromatic rings. The Bertz CT molecular complexity index is 694. The number of halogens is 1. The third-order valence-electron chi connectivity index (χ3n) is 4.53. The van der Waals surface area contributed by atoms with Gasteiger partial charge in [0, 0.05) is 12.5 Å². The molecule has 141 valence electrons. The van der Waals surface area contributed by atoms with Crippen LogP contribution in [0.5, 0.6) is 5.75 Å². The molecule has 1 unspecified atom stereocenters. The van der Waals surface area contributed by atoms with E-state index in [9.17, 15) is 9.90 Å². The minimum atomic E-state index is -1.00. The zero-order valence-electron chi connectivity index (χ0n) is 15.8. The average molecular weight is 380 g/mol. The Morgan fingerprint density at radius 3 is 2.73 bits per heavy atom. The Kier molecular flexibility index (Phi) is 6.43. The topological polar surface area (TPSA) is 65.0 Å². The van der Waals surface area contributed by atoms with Crippen LogP contribution in [0.3, 0.4) is 0 Å². The molecule has 0 bridgehead atoms. The van der Waals surface area contributed by atoms with Crippen molar-refractivity contribution in [2.45, 2.75) is 58.3 Å². The van der Waals surface area contributed by atoms with Crippen LogP contribution in [0.4, 0.5) is 0 Å². The summed E-state index contributed by atoms with van der Waals surface area (Å²) in [7, 11) is 1.59. The molecule has 0 aromatic heterocycles. The normalized spacial score (nSPS) is 17.1. The van der Waals surface area contributed by atoms with Crippen molar-refractivity contribution in [1.82, 2.24) is 0 Å². The van der Waals surface area contributed by atoms with Crippen molar-refractivity contribution in [1.29, 1.82) is 0 Å². The van der Waals surface area contributed by atoms with Gasteiger partial charge in [-0.3, -0.25) is 0 Å². The van der Waals surface area contributed by atoms with Gasteiger partial charge in [0.15, 0.2) is 0 Å². The number of carbonyl (C=O) groups is 1. The summed E-state index contributed by atoms with van der Waals surface area (Å²) in [4.78, 5) is 11.4. The number of ether oxygens (including phenoxy) is 2. The molecule has 0 saturated carbocycles. The van der Waals surface area contributed by atoms with Crippen LogP contribution in [0.2, 0.25) is 5.02 Å². The first-order valence-corrected chi connectivity index (χ1v) is 8.98. The zero-order chi connectivity index (χ0) is 19.5. The maximum absolute atomic E-state index is 11.4. The molecule has 1 aliphatic heterocycles. The summed E-state index contributed by atoms with van der Waals surface area (Å²) in [6, 6.07) is 3.68. The second-order valence-corrected chi connectivity index (χ2v) is 7.67. The number of fused-ring (bicyclic) bond motifs is 1. The van der Waals surface area contributed by atoms with Crippen molar-refractivity contribution in [3.63, 3.8) is 0 Å². The summed E-state index contributed by atoms with van der Waals surface area (Å²) in [5.74, 6) is 0.221. The highest BCUT2D eigenvalue weighted by Crippen LogP contribution is 2.35. The summed E-state index contributed by atoms with van der Waals surface area (Å²) in [5.41, 5.74) is -0.0487. The monoisotopic (exact) mass is 379 g/mol. The number of esters is 1. The Hall–Kier alpha value is -1.50. The van der Waals surface area contributed by atoms with E-state index in [4.69, 9.17) is 25.7 Å². The molecule has 1 N–H and O–H groups in total. The van der Waals surface area contributed by atoms with Gasteiger partial charge in [-0.25, -0.2) is 4.79 Å². The minimum Gasteiger partial charge on any atom is -0.484 e. The van der Waals surface area contributed by atoms with Crippen LogP contribution in [-0.2, 0) is 20.6 Å². The van der Waals surface area contributed by atoms with Crippen molar-refractivity contribution in [3.05, 3.63) is 34.9 Å². The van der Waals surface area contributed by atoms with E-state index in [1.807, 2.05) is 19.9 Å². The fraction of sp³-hybridized carbons (Fsp3) is 0.526. The number of benzene rings is 1. The zero-order valence-corrected chi connectivity index (χ0v) is 16.6. The molecule has 1 radical (unpaired) electrons. The highest BCUT2D eigenvalue weighted by molar-refractivity contribution is 6.48. The minimum absolute atomic E-state index is 0.268. The van der Waals surface area contributed by atoms with Gasteiger partial charge in [-0.1, -0.05) is 23.1 Å². The first kappa shape index (κ1) is 20.8. The largest absolute Gasteiger partial charge is 0.484 e. The quantitative estimate of drug-likeness (QED) is 0.448. The average Bonchev–Trinajstić information content (AvgIpc) is 2.94. The molecule has 0 spiro atoms. The Balaban J connectivity index is 2.06. The second kappa shape index (κ2) is 8.03. The third-order valence-corrected chi connectivity index (χ3v) is 4.81. The van der Waals surface area contributed by atoms with Crippen LogP contribution >= 0.6 is 11.6 Å². The Morgan fingerprint density at radius 2 is 2.12 bits per heavy atom. The lowest BCUT2D eigenvalue weighted by atomic mass is 9.82. The van der Waals surface area contributed by atoms with Crippen molar-refractivity contribution in [2.24, 2.45) is 0 Å². The third kappa shape index (κ3) is 5.03. The molecule has 0 saturated heterocycles. The standard InChI is InChI=1S/C19H25BClO5/c1-6-24-16(22)8-7-14-10-12-9-13(11-15(21)17(12)25-14)20-26-19(4,5)18(2,3)23/h7-9,11,14,23H,6,10H2,1-5H3. The number of hydrogen-bond donors (Lipinski definition) is 1. The maximum Gasteiger partial charge on any atom is 0.330 e. The van der Waals surface area contributed by atoms with Crippen molar-refractivity contribution in [2.75, 3.05) is 6.61 Å². The predicted molar refractivity (Wildman–Crippen MR) is 102 cm³/mol. The summed E-state index contributed by atoms with van der Waals surface area (Å²) in [6.45, 7) is 9.12. The van der Waals surface area contributed by atoms with Crippen LogP contribution in [-0.4, -0.2) is 42.5 Å². The van der Waals surface area contributed by atoms with Gasteiger partial charge in [-0.15, -0.1) is 0 Å². The van der Waals surface area contributed by atoms with E-state index in [0.717, 1.165) is 11.0 Å². The molecular formula is C19H25BClO5. The molecule has 1 aliphatic rings. The molecule has 1 aromatic carbocycles. The molecule has 2 rings (SSSR count). The fourth-order valence-electron chi connectivity index (χ4n) is 2.28. The van der Waals surface area contributed by atoms with Crippen LogP contribution in [0.25, 0.3) is 0 Å². The first-order chi connectivity index (χ1) is 12.0. The van der Waals surface area contributed by atoms with E-state index >= 15 is 0 Å². The molecule has 26 heavy (non-hydrogen) atoms. The van der Waals surface area contributed by atoms with Crippen molar-refractivity contribution < 1.29 is 24.0 Å². The van der Waals surface area contributed by atoms with Gasteiger partial charge in [0.05, 0.1) is 22.8 Å². The number of rotatable bonds is 7. The molecular weight excluding hydrogens is 354 g/mol. The number of aliphatic hydroxyl groups is 1. The lowest BCUT2D eigenvalue weighted by Crippen LogP contribution is -2.49. The van der Waals surface area contributed by atoms with Gasteiger partial charge in [-0.05, 0) is 52.3 Å². The smallest absolute Gasteiger partial charge is 0.330 e. The van der Waals surface area contributed by atoms with Gasteiger partial charge in [0.1, 0.15) is 11.9 Å². The molecule has 5 nitrogen and oxygen atoms in total. The van der Waals surface area contributed by atoms with Crippen LogP contribution in [0.15, 0.2) is 24.3 Å². The summed E-state index contributed by atoms with van der Waals surface area (Å²) in [5, 5.41) is 10.7. The number of carbonyl (C=O) groups excluding carboxylic acids is 1. The molecule has 1 atom stereocenters. The molecule has 1 heterocycles. The highest BCUT2D eigenvalue weighted by atomic mass is 35.5. The lowest BCUT2D eigenvalue weighted by Gasteiger charge is -2.37. The van der Waals surface area contributed by atoms with Gasteiger partial charge in [0.25, 0.3) is 0 Å². The van der Waals surface area contributed by atoms with Crippen LogP contribution < -0.4 is 10.2 Å². The summed E-state index contributed by atoms with van der Waals surface area (Å²) < 4.78 is 16.4. The van der Waals surface area contributed by atoms with Crippen molar-refractivity contribution >= 4 is 30.5 Å². The van der Waals surface area contributed by atoms with Gasteiger partial charge < -0.3 is 19.2 Å². The Labute approximate surface area is 160 Å². The van der Waals surface area contributed by atoms with E-state index in [0.29, 0.717) is 23.8 Å². The van der Waals surface area contributed by atoms with Crippen molar-refractivity contribution in [3.8, 4) is 5.75 Å². The van der Waals surface area contributed by atoms with E-state index in [2.05, 4.69) is 0 Å². The van der Waals surface area contributed by atoms with E-state index < -0.39 is 17.2 Å². The Morgan fingerprint density at radius 1 is 1.42 bits per heavy atom. The van der Waals surface area contributed by atoms with Gasteiger partial charge in [0.2, 0.25) is 0 Å². The predicted octanol–water partition coefficient (Wildman–Crippen LogP) is 2.57. The van der Waals surface area contributed by atoms with E-state index in [1.54, 1.807) is 40.4 Å². The molecule has 7 heteroatoms. The summed E-state index contributed by atoms with van der Waals surface area (Å²) in [6.07, 6.45) is 3.37. The fourth-order valence-corrected chi connectivity index (χ4v) is 2.57. The van der Waals surface area contributed by atoms with E-state index in [1.165, 1.54) is 6.08 Å². The van der Waals surface area contributed by atoms with Crippen LogP contribution in [0.1, 0.15) is 40.2 Å². The van der Waals surface area contributed by atoms with Gasteiger partial charge in [-0.2, -0.15) is 0 Å². The van der Waals surface area contributed by atoms with Gasteiger partial charge >= 0.3 is 13.5 Å². The first-order valence-electron chi connectivity index (χ1n) is 8.61. The SMILES string of the molecule is CCOC(=O)C=CC1Cc2cc([B]OC(C)(C)C(C)(C)O)cc(Cl)c2O1. The summed E-state index contributed by atoms with van der Waals surface area (Å²) >= 11 is 6.33.